The summed E-state index contributed by atoms with van der Waals surface area (Å²) in [6.07, 6.45) is 0.933. The van der Waals surface area contributed by atoms with E-state index in [0.717, 1.165) is 12.1 Å². The Bertz CT molecular complexity index is 336. The minimum Gasteiger partial charge on any atom is -0.351 e. The van der Waals surface area contributed by atoms with Crippen LogP contribution in [0.2, 0.25) is 0 Å². The highest BCUT2D eigenvalue weighted by Gasteiger charge is 2.18. The summed E-state index contributed by atoms with van der Waals surface area (Å²) in [5, 5.41) is 9.68. The molecule has 2 N–H and O–H groups in total. The minimum atomic E-state index is -0.108. The topological polar surface area (TPSA) is 57.8 Å². The van der Waals surface area contributed by atoms with Crippen molar-refractivity contribution in [2.45, 2.75) is 39.5 Å². The molecule has 0 aliphatic heterocycles. The molecule has 0 aromatic carbocycles. The van der Waals surface area contributed by atoms with Crippen molar-refractivity contribution in [2.24, 2.45) is 0 Å². The molecule has 0 radical (unpaired) electrons. The SMILES string of the molecule is CCCNC(=O)c1cc(C(C)(C)C)[nH]n1. The van der Waals surface area contributed by atoms with Crippen LogP contribution in [0, 0.1) is 0 Å². The number of carbonyl (C=O) groups excluding carboxylic acids is 1. The lowest BCUT2D eigenvalue weighted by Crippen LogP contribution is -2.24. The Balaban J connectivity index is 2.72. The van der Waals surface area contributed by atoms with Crippen molar-refractivity contribution < 1.29 is 4.79 Å². The smallest absolute Gasteiger partial charge is 0.271 e. The van der Waals surface area contributed by atoms with E-state index in [1.54, 1.807) is 0 Å². The average Bonchev–Trinajstić information content (AvgIpc) is 2.62. The largest absolute Gasteiger partial charge is 0.351 e. The van der Waals surface area contributed by atoms with Crippen LogP contribution in [0.15, 0.2) is 6.07 Å². The van der Waals surface area contributed by atoms with Gasteiger partial charge in [-0.2, -0.15) is 5.10 Å². The summed E-state index contributed by atoms with van der Waals surface area (Å²) in [6, 6.07) is 1.81. The van der Waals surface area contributed by atoms with E-state index in [2.05, 4.69) is 36.3 Å². The number of amides is 1. The average molecular weight is 209 g/mol. The molecular weight excluding hydrogens is 190 g/mol. The molecule has 0 atom stereocenters. The van der Waals surface area contributed by atoms with E-state index in [9.17, 15) is 4.79 Å². The number of aromatic nitrogens is 2. The van der Waals surface area contributed by atoms with E-state index in [1.165, 1.54) is 0 Å². The van der Waals surface area contributed by atoms with Crippen molar-refractivity contribution in [3.63, 3.8) is 0 Å². The molecule has 0 unspecified atom stereocenters. The van der Waals surface area contributed by atoms with Crippen molar-refractivity contribution in [1.29, 1.82) is 0 Å². The maximum atomic E-state index is 11.6. The number of nitrogens with zero attached hydrogens (tertiary/aromatic N) is 1. The first-order valence-corrected chi connectivity index (χ1v) is 5.29. The summed E-state index contributed by atoms with van der Waals surface area (Å²) in [5.41, 5.74) is 1.44. The van der Waals surface area contributed by atoms with Gasteiger partial charge < -0.3 is 5.32 Å². The lowest BCUT2D eigenvalue weighted by atomic mass is 9.92. The van der Waals surface area contributed by atoms with Crippen LogP contribution < -0.4 is 5.32 Å². The second-order valence-electron chi connectivity index (χ2n) is 4.67. The summed E-state index contributed by atoms with van der Waals surface area (Å²) in [6.45, 7) is 8.94. The molecule has 1 amide bonds. The number of carbonyl (C=O) groups is 1. The van der Waals surface area contributed by atoms with Crippen LogP contribution in [0.25, 0.3) is 0 Å². The Morgan fingerprint density at radius 1 is 1.53 bits per heavy atom. The van der Waals surface area contributed by atoms with Gasteiger partial charge in [0, 0.05) is 17.7 Å². The lowest BCUT2D eigenvalue weighted by molar-refractivity contribution is 0.0948. The van der Waals surface area contributed by atoms with E-state index in [0.29, 0.717) is 12.2 Å². The summed E-state index contributed by atoms with van der Waals surface area (Å²) >= 11 is 0. The molecule has 4 nitrogen and oxygen atoms in total. The maximum absolute atomic E-state index is 11.6. The van der Waals surface area contributed by atoms with Gasteiger partial charge in [-0.05, 0) is 12.5 Å². The molecule has 1 aromatic heterocycles. The van der Waals surface area contributed by atoms with E-state index >= 15 is 0 Å². The van der Waals surface area contributed by atoms with Crippen molar-refractivity contribution in [1.82, 2.24) is 15.5 Å². The molecule has 1 aromatic rings. The van der Waals surface area contributed by atoms with Gasteiger partial charge in [-0.3, -0.25) is 9.89 Å². The first-order valence-electron chi connectivity index (χ1n) is 5.29. The lowest BCUT2D eigenvalue weighted by Gasteiger charge is -2.14. The molecule has 0 fully saturated rings. The fourth-order valence-corrected chi connectivity index (χ4v) is 1.15. The Morgan fingerprint density at radius 2 is 2.20 bits per heavy atom. The monoisotopic (exact) mass is 209 g/mol. The molecule has 84 valence electrons. The van der Waals surface area contributed by atoms with Crippen LogP contribution in [-0.2, 0) is 5.41 Å². The third kappa shape index (κ3) is 3.08. The zero-order valence-corrected chi connectivity index (χ0v) is 9.85. The van der Waals surface area contributed by atoms with Gasteiger partial charge in [-0.25, -0.2) is 0 Å². The Morgan fingerprint density at radius 3 is 2.67 bits per heavy atom. The van der Waals surface area contributed by atoms with Crippen LogP contribution >= 0.6 is 0 Å². The van der Waals surface area contributed by atoms with E-state index < -0.39 is 0 Å². The molecule has 1 heterocycles. The van der Waals surface area contributed by atoms with E-state index in [4.69, 9.17) is 0 Å². The maximum Gasteiger partial charge on any atom is 0.271 e. The molecule has 0 saturated heterocycles. The number of rotatable bonds is 3. The summed E-state index contributed by atoms with van der Waals surface area (Å²) < 4.78 is 0. The second-order valence-corrected chi connectivity index (χ2v) is 4.67. The van der Waals surface area contributed by atoms with Crippen molar-refractivity contribution >= 4 is 5.91 Å². The van der Waals surface area contributed by atoms with Gasteiger partial charge in [-0.1, -0.05) is 27.7 Å². The highest BCUT2D eigenvalue weighted by atomic mass is 16.1. The predicted octanol–water partition coefficient (Wildman–Crippen LogP) is 1.85. The Hall–Kier alpha value is -1.32. The van der Waals surface area contributed by atoms with Gasteiger partial charge in [0.15, 0.2) is 0 Å². The molecule has 15 heavy (non-hydrogen) atoms. The quantitative estimate of drug-likeness (QED) is 0.798. The van der Waals surface area contributed by atoms with Gasteiger partial charge in [-0.15, -0.1) is 0 Å². The van der Waals surface area contributed by atoms with E-state index in [1.807, 2.05) is 13.0 Å². The fourth-order valence-electron chi connectivity index (χ4n) is 1.15. The van der Waals surface area contributed by atoms with Gasteiger partial charge in [0.05, 0.1) is 0 Å². The first kappa shape index (κ1) is 11.8. The minimum absolute atomic E-state index is 0.00368. The fraction of sp³-hybridized carbons (Fsp3) is 0.636. The van der Waals surface area contributed by atoms with Crippen LogP contribution in [-0.4, -0.2) is 22.6 Å². The van der Waals surface area contributed by atoms with Gasteiger partial charge in [0.2, 0.25) is 0 Å². The molecule has 4 heteroatoms. The number of aromatic amines is 1. The summed E-state index contributed by atoms with van der Waals surface area (Å²) in [5.74, 6) is -0.108. The summed E-state index contributed by atoms with van der Waals surface area (Å²) in [4.78, 5) is 11.6. The second kappa shape index (κ2) is 4.47. The van der Waals surface area contributed by atoms with Crippen molar-refractivity contribution in [3.8, 4) is 0 Å². The van der Waals surface area contributed by atoms with Gasteiger partial charge in [0.1, 0.15) is 5.69 Å². The zero-order valence-electron chi connectivity index (χ0n) is 9.85. The molecule has 1 rings (SSSR count). The molecule has 0 aliphatic rings. The molecule has 0 saturated carbocycles. The molecule has 0 bridgehead atoms. The van der Waals surface area contributed by atoms with E-state index in [-0.39, 0.29) is 11.3 Å². The number of hydrogen-bond acceptors (Lipinski definition) is 2. The van der Waals surface area contributed by atoms with Crippen LogP contribution in [0.5, 0.6) is 0 Å². The predicted molar refractivity (Wildman–Crippen MR) is 59.9 cm³/mol. The molecule has 0 spiro atoms. The standard InChI is InChI=1S/C11H19N3O/c1-5-6-12-10(15)8-7-9(14-13-8)11(2,3)4/h7H,5-6H2,1-4H3,(H,12,15)(H,13,14). The number of hydrogen-bond donors (Lipinski definition) is 2. The van der Waals surface area contributed by atoms with Gasteiger partial charge >= 0.3 is 0 Å². The highest BCUT2D eigenvalue weighted by Crippen LogP contribution is 2.19. The molecular formula is C11H19N3O. The first-order chi connectivity index (χ1) is 6.95. The van der Waals surface area contributed by atoms with Crippen molar-refractivity contribution in [2.75, 3.05) is 6.54 Å². The summed E-state index contributed by atoms with van der Waals surface area (Å²) in [7, 11) is 0. The van der Waals surface area contributed by atoms with Crippen LogP contribution in [0.4, 0.5) is 0 Å². The number of nitrogens with one attached hydrogen (secondary N) is 2. The van der Waals surface area contributed by atoms with Gasteiger partial charge in [0.25, 0.3) is 5.91 Å². The normalized spacial score (nSPS) is 11.5. The third-order valence-corrected chi connectivity index (χ3v) is 2.15. The Labute approximate surface area is 90.5 Å². The zero-order chi connectivity index (χ0) is 11.5. The van der Waals surface area contributed by atoms with Crippen LogP contribution in [0.3, 0.4) is 0 Å². The Kier molecular flexibility index (Phi) is 3.50. The number of H-pyrrole nitrogens is 1. The third-order valence-electron chi connectivity index (χ3n) is 2.15. The van der Waals surface area contributed by atoms with Crippen LogP contribution in [0.1, 0.15) is 50.3 Å². The highest BCUT2D eigenvalue weighted by molar-refractivity contribution is 5.92. The van der Waals surface area contributed by atoms with Crippen molar-refractivity contribution in [3.05, 3.63) is 17.5 Å². The molecule has 0 aliphatic carbocycles.